The first-order valence-electron chi connectivity index (χ1n) is 7.13. The first kappa shape index (κ1) is 15.4. The van der Waals surface area contributed by atoms with Crippen molar-refractivity contribution in [2.75, 3.05) is 20.1 Å². The third-order valence-electron chi connectivity index (χ3n) is 3.81. The van der Waals surface area contributed by atoms with Crippen LogP contribution in [0.1, 0.15) is 35.1 Å². The molecule has 1 N–H and O–H groups in total. The Morgan fingerprint density at radius 1 is 1.59 bits per heavy atom. The van der Waals surface area contributed by atoms with Gasteiger partial charge in [-0.3, -0.25) is 14.4 Å². The highest BCUT2D eigenvalue weighted by Crippen LogP contribution is 2.25. The molecule has 0 aromatic carbocycles. The number of nitrogens with zero attached hydrogens (tertiary/aromatic N) is 5. The second kappa shape index (κ2) is 6.72. The van der Waals surface area contributed by atoms with Gasteiger partial charge >= 0.3 is 0 Å². The van der Waals surface area contributed by atoms with Crippen LogP contribution in [0.4, 0.5) is 0 Å². The molecule has 0 unspecified atom stereocenters. The maximum atomic E-state index is 11.6. The van der Waals surface area contributed by atoms with Crippen LogP contribution in [0.15, 0.2) is 12.3 Å². The fraction of sp³-hybridized carbons (Fsp3) is 0.538. The van der Waals surface area contributed by atoms with Crippen molar-refractivity contribution in [3.63, 3.8) is 0 Å². The highest BCUT2D eigenvalue weighted by molar-refractivity contribution is 7.10. The van der Waals surface area contributed by atoms with Crippen molar-refractivity contribution in [1.82, 2.24) is 29.6 Å². The minimum absolute atomic E-state index is 0.160. The molecule has 1 aliphatic heterocycles. The van der Waals surface area contributed by atoms with E-state index in [0.717, 1.165) is 31.6 Å². The summed E-state index contributed by atoms with van der Waals surface area (Å²) in [4.78, 5) is 13.9. The van der Waals surface area contributed by atoms with E-state index in [1.807, 2.05) is 10.9 Å². The van der Waals surface area contributed by atoms with Crippen LogP contribution < -0.4 is 5.32 Å². The van der Waals surface area contributed by atoms with Gasteiger partial charge in [-0.1, -0.05) is 16.1 Å². The minimum atomic E-state index is -0.160. The average molecular weight is 341 g/mol. The Kier molecular flexibility index (Phi) is 4.70. The number of halogens is 1. The summed E-state index contributed by atoms with van der Waals surface area (Å²) >= 11 is 7.29. The number of hydrogen-bond donors (Lipinski definition) is 1. The quantitative estimate of drug-likeness (QED) is 0.914. The molecule has 22 heavy (non-hydrogen) atoms. The highest BCUT2D eigenvalue weighted by atomic mass is 35.5. The Morgan fingerprint density at radius 3 is 3.18 bits per heavy atom. The van der Waals surface area contributed by atoms with E-state index >= 15 is 0 Å². The molecule has 0 bridgehead atoms. The fourth-order valence-corrected chi connectivity index (χ4v) is 3.30. The van der Waals surface area contributed by atoms with Crippen molar-refractivity contribution in [3.8, 4) is 0 Å². The van der Waals surface area contributed by atoms with Crippen molar-refractivity contribution in [2.24, 2.45) is 0 Å². The van der Waals surface area contributed by atoms with Crippen LogP contribution in [0.2, 0.25) is 4.34 Å². The second-order valence-electron chi connectivity index (χ2n) is 5.28. The lowest BCUT2D eigenvalue weighted by molar-refractivity contribution is 0.0955. The number of amides is 1. The second-order valence-corrected chi connectivity index (χ2v) is 6.64. The number of hydrogen-bond acceptors (Lipinski definition) is 6. The Labute approximate surface area is 137 Å². The largest absolute Gasteiger partial charge is 0.354 e. The zero-order chi connectivity index (χ0) is 15.5. The molecule has 1 atom stereocenters. The van der Waals surface area contributed by atoms with E-state index in [4.69, 9.17) is 11.6 Å². The summed E-state index contributed by atoms with van der Waals surface area (Å²) in [5.74, 6) is -0.160. The van der Waals surface area contributed by atoms with Crippen LogP contribution >= 0.6 is 23.1 Å². The zero-order valence-electron chi connectivity index (χ0n) is 12.2. The SMILES string of the molecule is CNC(=O)c1ccn([C@H]2CCCN(Cc3nnsc3Cl)C2)n1. The first-order chi connectivity index (χ1) is 10.7. The third-order valence-corrected chi connectivity index (χ3v) is 4.79. The Balaban J connectivity index is 1.66. The lowest BCUT2D eigenvalue weighted by atomic mass is 10.1. The third kappa shape index (κ3) is 3.29. The van der Waals surface area contributed by atoms with Crippen LogP contribution in [0.3, 0.4) is 0 Å². The van der Waals surface area contributed by atoms with Crippen molar-refractivity contribution in [1.29, 1.82) is 0 Å². The van der Waals surface area contributed by atoms with Crippen molar-refractivity contribution < 1.29 is 4.79 Å². The van der Waals surface area contributed by atoms with Crippen LogP contribution in [0.5, 0.6) is 0 Å². The van der Waals surface area contributed by atoms with Gasteiger partial charge < -0.3 is 5.32 Å². The number of aromatic nitrogens is 4. The van der Waals surface area contributed by atoms with Crippen LogP contribution in [0.25, 0.3) is 0 Å². The van der Waals surface area contributed by atoms with E-state index in [0.29, 0.717) is 16.6 Å². The van der Waals surface area contributed by atoms with E-state index in [9.17, 15) is 4.79 Å². The Hall–Kier alpha value is -1.51. The molecule has 0 saturated carbocycles. The number of nitrogens with one attached hydrogen (secondary N) is 1. The van der Waals surface area contributed by atoms with E-state index in [2.05, 4.69) is 24.9 Å². The predicted octanol–water partition coefficient (Wildman–Crippen LogP) is 1.58. The molecule has 2 aromatic heterocycles. The van der Waals surface area contributed by atoms with Gasteiger partial charge in [0, 0.05) is 37.9 Å². The van der Waals surface area contributed by atoms with Crippen molar-refractivity contribution >= 4 is 29.0 Å². The molecule has 7 nitrogen and oxygen atoms in total. The predicted molar refractivity (Wildman–Crippen MR) is 84.1 cm³/mol. The maximum absolute atomic E-state index is 11.6. The smallest absolute Gasteiger partial charge is 0.271 e. The van der Waals surface area contributed by atoms with Crippen LogP contribution in [0, 0.1) is 0 Å². The molecular formula is C13H17ClN6OS. The van der Waals surface area contributed by atoms with Gasteiger partial charge in [-0.25, -0.2) is 0 Å². The lowest BCUT2D eigenvalue weighted by Crippen LogP contribution is -2.36. The maximum Gasteiger partial charge on any atom is 0.271 e. The lowest BCUT2D eigenvalue weighted by Gasteiger charge is -2.32. The summed E-state index contributed by atoms with van der Waals surface area (Å²) in [6.45, 7) is 2.58. The van der Waals surface area contributed by atoms with Gasteiger partial charge in [-0.15, -0.1) is 5.10 Å². The molecule has 1 aliphatic rings. The molecule has 118 valence electrons. The molecule has 9 heteroatoms. The summed E-state index contributed by atoms with van der Waals surface area (Å²) < 4.78 is 6.41. The number of likely N-dealkylation sites (tertiary alicyclic amines) is 1. The number of carbonyl (C=O) groups is 1. The van der Waals surface area contributed by atoms with Gasteiger partial charge in [-0.05, 0) is 25.5 Å². The average Bonchev–Trinajstić information content (AvgIpc) is 3.17. The molecular weight excluding hydrogens is 324 g/mol. The van der Waals surface area contributed by atoms with E-state index in [-0.39, 0.29) is 11.9 Å². The van der Waals surface area contributed by atoms with Crippen LogP contribution in [-0.4, -0.2) is 50.3 Å². The summed E-state index contributed by atoms with van der Waals surface area (Å²) in [6, 6.07) is 2.01. The topological polar surface area (TPSA) is 75.9 Å². The molecule has 1 saturated heterocycles. The zero-order valence-corrected chi connectivity index (χ0v) is 13.8. The summed E-state index contributed by atoms with van der Waals surface area (Å²) in [6.07, 6.45) is 4.00. The molecule has 2 aromatic rings. The van der Waals surface area contributed by atoms with E-state index in [1.165, 1.54) is 11.5 Å². The van der Waals surface area contributed by atoms with Gasteiger partial charge in [0.15, 0.2) is 0 Å². The molecule has 0 spiro atoms. The summed E-state index contributed by atoms with van der Waals surface area (Å²) in [5.41, 5.74) is 1.28. The molecule has 0 aliphatic carbocycles. The van der Waals surface area contributed by atoms with Gasteiger partial charge in [0.25, 0.3) is 5.91 Å². The number of rotatable bonds is 4. The molecule has 3 rings (SSSR count). The standard InChI is InChI=1S/C13H17ClN6OS/c1-15-13(21)10-4-6-20(17-10)9-3-2-5-19(7-9)8-11-12(14)22-18-16-11/h4,6,9H,2-3,5,7-8H2,1H3,(H,15,21)/t9-/m0/s1. The van der Waals surface area contributed by atoms with Crippen molar-refractivity contribution in [2.45, 2.75) is 25.4 Å². The minimum Gasteiger partial charge on any atom is -0.354 e. The number of carbonyl (C=O) groups excluding carboxylic acids is 1. The monoisotopic (exact) mass is 340 g/mol. The summed E-state index contributed by atoms with van der Waals surface area (Å²) in [7, 11) is 1.61. The highest BCUT2D eigenvalue weighted by Gasteiger charge is 2.24. The molecule has 3 heterocycles. The summed E-state index contributed by atoms with van der Waals surface area (Å²) in [5, 5.41) is 11.0. The van der Waals surface area contributed by atoms with Gasteiger partial charge in [0.2, 0.25) is 0 Å². The normalized spacial score (nSPS) is 19.3. The molecule has 0 radical (unpaired) electrons. The van der Waals surface area contributed by atoms with E-state index < -0.39 is 0 Å². The number of piperidine rings is 1. The van der Waals surface area contributed by atoms with Gasteiger partial charge in [0.1, 0.15) is 15.7 Å². The fourth-order valence-electron chi connectivity index (χ4n) is 2.68. The van der Waals surface area contributed by atoms with E-state index in [1.54, 1.807) is 13.1 Å². The van der Waals surface area contributed by atoms with Gasteiger partial charge in [0.05, 0.1) is 6.04 Å². The first-order valence-corrected chi connectivity index (χ1v) is 8.29. The molecule has 1 amide bonds. The van der Waals surface area contributed by atoms with Crippen molar-refractivity contribution in [3.05, 3.63) is 28.0 Å². The molecule has 1 fully saturated rings. The Morgan fingerprint density at radius 2 is 2.45 bits per heavy atom. The van der Waals surface area contributed by atoms with Gasteiger partial charge in [-0.2, -0.15) is 5.10 Å². The Bertz CT molecular complexity index is 657. The van der Waals surface area contributed by atoms with Crippen LogP contribution in [-0.2, 0) is 6.54 Å².